The molecule has 0 heterocycles. The number of carbonyl (C=O) groups is 1. The van der Waals surface area contributed by atoms with Gasteiger partial charge in [0.15, 0.2) is 0 Å². The Labute approximate surface area is 88.1 Å². The summed E-state index contributed by atoms with van der Waals surface area (Å²) in [6.07, 6.45) is 0. The first-order chi connectivity index (χ1) is 6.79. The number of carboxylic acid groups (broad SMARTS) is 1. The van der Waals surface area contributed by atoms with Crippen molar-refractivity contribution in [2.24, 2.45) is 0 Å². The number of aromatic carboxylic acids is 1. The average Bonchev–Trinajstić information content (AvgIpc) is 2.05. The standard InChI is InChI=1S/C11H14O4/c1-11(2,3)15-7-4-5-9(12)8(6-7)10(13)14/h4-6,12H,1-3H3,(H,13,14). The molecule has 0 aliphatic rings. The number of phenols is 1. The summed E-state index contributed by atoms with van der Waals surface area (Å²) in [4.78, 5) is 10.7. The number of carboxylic acids is 1. The number of hydrogen-bond acceptors (Lipinski definition) is 3. The minimum absolute atomic E-state index is 0.156. The molecule has 0 atom stereocenters. The topological polar surface area (TPSA) is 66.8 Å². The van der Waals surface area contributed by atoms with Crippen LogP contribution in [0.4, 0.5) is 0 Å². The number of rotatable bonds is 2. The summed E-state index contributed by atoms with van der Waals surface area (Å²) >= 11 is 0. The molecule has 0 fully saturated rings. The zero-order valence-corrected chi connectivity index (χ0v) is 8.94. The Morgan fingerprint density at radius 1 is 1.33 bits per heavy atom. The first kappa shape index (κ1) is 11.4. The lowest BCUT2D eigenvalue weighted by Crippen LogP contribution is -2.23. The largest absolute Gasteiger partial charge is 0.507 e. The van der Waals surface area contributed by atoms with E-state index in [1.165, 1.54) is 18.2 Å². The van der Waals surface area contributed by atoms with Gasteiger partial charge in [-0.1, -0.05) is 0 Å². The lowest BCUT2D eigenvalue weighted by molar-refractivity contribution is 0.0691. The second-order valence-corrected chi connectivity index (χ2v) is 4.20. The molecule has 0 aromatic heterocycles. The highest BCUT2D eigenvalue weighted by molar-refractivity contribution is 5.91. The fraction of sp³-hybridized carbons (Fsp3) is 0.364. The maximum atomic E-state index is 10.7. The van der Waals surface area contributed by atoms with Crippen molar-refractivity contribution < 1.29 is 19.7 Å². The summed E-state index contributed by atoms with van der Waals surface area (Å²) in [5.74, 6) is -1.01. The number of benzene rings is 1. The molecule has 0 amide bonds. The van der Waals surface area contributed by atoms with Gasteiger partial charge in [-0.3, -0.25) is 0 Å². The molecule has 1 aromatic rings. The van der Waals surface area contributed by atoms with Crippen LogP contribution in [0.5, 0.6) is 11.5 Å². The Morgan fingerprint density at radius 2 is 1.93 bits per heavy atom. The van der Waals surface area contributed by atoms with Gasteiger partial charge < -0.3 is 14.9 Å². The Kier molecular flexibility index (Phi) is 2.88. The van der Waals surface area contributed by atoms with Crippen molar-refractivity contribution in [3.8, 4) is 11.5 Å². The predicted octanol–water partition coefficient (Wildman–Crippen LogP) is 2.27. The highest BCUT2D eigenvalue weighted by atomic mass is 16.5. The molecule has 0 aliphatic heterocycles. The molecule has 0 unspecified atom stereocenters. The van der Waals surface area contributed by atoms with Crippen molar-refractivity contribution in [2.75, 3.05) is 0 Å². The van der Waals surface area contributed by atoms with Crippen molar-refractivity contribution in [2.45, 2.75) is 26.4 Å². The van der Waals surface area contributed by atoms with Gasteiger partial charge in [0.1, 0.15) is 22.7 Å². The highest BCUT2D eigenvalue weighted by Gasteiger charge is 2.15. The van der Waals surface area contributed by atoms with Gasteiger partial charge in [-0.05, 0) is 39.0 Å². The van der Waals surface area contributed by atoms with E-state index in [1.807, 2.05) is 20.8 Å². The molecule has 82 valence electrons. The van der Waals surface area contributed by atoms with Crippen LogP contribution in [0.3, 0.4) is 0 Å². The molecule has 0 aliphatic carbocycles. The summed E-state index contributed by atoms with van der Waals surface area (Å²) in [5.41, 5.74) is -0.552. The normalized spacial score (nSPS) is 11.1. The zero-order valence-electron chi connectivity index (χ0n) is 8.94. The SMILES string of the molecule is CC(C)(C)Oc1ccc(O)c(C(=O)O)c1. The molecule has 0 saturated carbocycles. The first-order valence-corrected chi connectivity index (χ1v) is 4.55. The molecule has 2 N–H and O–H groups in total. The van der Waals surface area contributed by atoms with E-state index in [0.717, 1.165) is 0 Å². The predicted molar refractivity (Wildman–Crippen MR) is 55.4 cm³/mol. The van der Waals surface area contributed by atoms with Gasteiger partial charge in [-0.25, -0.2) is 4.79 Å². The summed E-state index contributed by atoms with van der Waals surface area (Å²) in [6, 6.07) is 4.15. The van der Waals surface area contributed by atoms with Crippen LogP contribution < -0.4 is 4.74 Å². The maximum absolute atomic E-state index is 10.7. The Balaban J connectivity index is 3.03. The van der Waals surface area contributed by atoms with Gasteiger partial charge in [0, 0.05) is 0 Å². The summed E-state index contributed by atoms with van der Waals surface area (Å²) < 4.78 is 5.47. The van der Waals surface area contributed by atoms with E-state index in [-0.39, 0.29) is 11.3 Å². The second-order valence-electron chi connectivity index (χ2n) is 4.20. The van der Waals surface area contributed by atoms with Crippen LogP contribution in [0.15, 0.2) is 18.2 Å². The van der Waals surface area contributed by atoms with Gasteiger partial charge >= 0.3 is 5.97 Å². The van der Waals surface area contributed by atoms with Gasteiger partial charge in [0.2, 0.25) is 0 Å². The van der Waals surface area contributed by atoms with Crippen LogP contribution in [0.1, 0.15) is 31.1 Å². The van der Waals surface area contributed by atoms with E-state index in [1.54, 1.807) is 0 Å². The zero-order chi connectivity index (χ0) is 11.6. The van der Waals surface area contributed by atoms with Crippen molar-refractivity contribution in [3.63, 3.8) is 0 Å². The second kappa shape index (κ2) is 3.81. The van der Waals surface area contributed by atoms with Crippen LogP contribution in [-0.4, -0.2) is 21.8 Å². The quantitative estimate of drug-likeness (QED) is 0.785. The maximum Gasteiger partial charge on any atom is 0.339 e. The summed E-state index contributed by atoms with van der Waals surface area (Å²) in [7, 11) is 0. The van der Waals surface area contributed by atoms with Crippen molar-refractivity contribution in [3.05, 3.63) is 23.8 Å². The molecule has 1 aromatic carbocycles. The van der Waals surface area contributed by atoms with Crippen LogP contribution in [-0.2, 0) is 0 Å². The van der Waals surface area contributed by atoms with Crippen molar-refractivity contribution >= 4 is 5.97 Å². The average molecular weight is 210 g/mol. The molecule has 1 rings (SSSR count). The third-order valence-corrected chi connectivity index (χ3v) is 1.62. The van der Waals surface area contributed by atoms with Gasteiger partial charge in [-0.2, -0.15) is 0 Å². The molecule has 4 nitrogen and oxygen atoms in total. The van der Waals surface area contributed by atoms with E-state index in [4.69, 9.17) is 9.84 Å². The molecule has 15 heavy (non-hydrogen) atoms. The third kappa shape index (κ3) is 3.16. The van der Waals surface area contributed by atoms with E-state index < -0.39 is 11.6 Å². The Bertz CT molecular complexity index is 377. The van der Waals surface area contributed by atoms with Crippen LogP contribution >= 0.6 is 0 Å². The molecule has 0 spiro atoms. The van der Waals surface area contributed by atoms with Crippen LogP contribution in [0.25, 0.3) is 0 Å². The van der Waals surface area contributed by atoms with E-state index >= 15 is 0 Å². The Morgan fingerprint density at radius 3 is 2.40 bits per heavy atom. The first-order valence-electron chi connectivity index (χ1n) is 4.55. The summed E-state index contributed by atoms with van der Waals surface area (Å²) in [6.45, 7) is 5.58. The summed E-state index contributed by atoms with van der Waals surface area (Å²) in [5, 5.41) is 18.0. The van der Waals surface area contributed by atoms with Gasteiger partial charge in [0.25, 0.3) is 0 Å². The lowest BCUT2D eigenvalue weighted by atomic mass is 10.1. The van der Waals surface area contributed by atoms with Crippen LogP contribution in [0.2, 0.25) is 0 Å². The molecular formula is C11H14O4. The molecule has 4 heteroatoms. The minimum Gasteiger partial charge on any atom is -0.507 e. The van der Waals surface area contributed by atoms with E-state index in [2.05, 4.69) is 0 Å². The minimum atomic E-state index is -1.17. The molecule has 0 radical (unpaired) electrons. The Hall–Kier alpha value is -1.71. The fourth-order valence-electron chi connectivity index (χ4n) is 1.10. The monoisotopic (exact) mass is 210 g/mol. The molecule has 0 saturated heterocycles. The lowest BCUT2D eigenvalue weighted by Gasteiger charge is -2.21. The molecular weight excluding hydrogens is 196 g/mol. The highest BCUT2D eigenvalue weighted by Crippen LogP contribution is 2.25. The van der Waals surface area contributed by atoms with Crippen molar-refractivity contribution in [1.29, 1.82) is 0 Å². The number of ether oxygens (including phenoxy) is 1. The number of hydrogen-bond donors (Lipinski definition) is 2. The van der Waals surface area contributed by atoms with E-state index in [9.17, 15) is 9.90 Å². The van der Waals surface area contributed by atoms with Crippen LogP contribution in [0, 0.1) is 0 Å². The fourth-order valence-corrected chi connectivity index (χ4v) is 1.10. The van der Waals surface area contributed by atoms with Gasteiger partial charge in [0.05, 0.1) is 0 Å². The number of aromatic hydroxyl groups is 1. The van der Waals surface area contributed by atoms with Gasteiger partial charge in [-0.15, -0.1) is 0 Å². The van der Waals surface area contributed by atoms with Crippen molar-refractivity contribution in [1.82, 2.24) is 0 Å². The third-order valence-electron chi connectivity index (χ3n) is 1.62. The molecule has 0 bridgehead atoms. The smallest absolute Gasteiger partial charge is 0.339 e. The van der Waals surface area contributed by atoms with E-state index in [0.29, 0.717) is 5.75 Å².